The van der Waals surface area contributed by atoms with Gasteiger partial charge in [-0.15, -0.1) is 0 Å². The van der Waals surface area contributed by atoms with Gasteiger partial charge in [-0.2, -0.15) is 0 Å². The second-order valence-electron chi connectivity index (χ2n) is 6.51. The number of aryl methyl sites for hydroxylation is 1. The van der Waals surface area contributed by atoms with Gasteiger partial charge < -0.3 is 9.32 Å². The van der Waals surface area contributed by atoms with Crippen molar-refractivity contribution in [2.75, 3.05) is 37.6 Å². The molecule has 1 saturated heterocycles. The van der Waals surface area contributed by atoms with Crippen molar-refractivity contribution in [3.05, 3.63) is 65.1 Å². The second kappa shape index (κ2) is 7.15. The summed E-state index contributed by atoms with van der Waals surface area (Å²) in [6.45, 7) is 5.95. The molecule has 3 aromatic rings. The van der Waals surface area contributed by atoms with Gasteiger partial charge in [0.25, 0.3) is 0 Å². The zero-order valence-corrected chi connectivity index (χ0v) is 14.3. The quantitative estimate of drug-likeness (QED) is 0.718. The number of fused-ring (bicyclic) bond motifs is 1. The first-order valence-electron chi connectivity index (χ1n) is 8.92. The third-order valence-corrected chi connectivity index (χ3v) is 4.92. The Balaban J connectivity index is 1.30. The molecule has 1 aliphatic rings. The maximum Gasteiger partial charge on any atom is 0.419 e. The van der Waals surface area contributed by atoms with Crippen LogP contribution in [0.5, 0.6) is 0 Å². The molecule has 5 heteroatoms. The monoisotopic (exact) mass is 337 g/mol. The summed E-state index contributed by atoms with van der Waals surface area (Å²) in [4.78, 5) is 16.9. The van der Waals surface area contributed by atoms with Crippen LogP contribution in [0.15, 0.2) is 63.8 Å². The Hall–Kier alpha value is -2.53. The fourth-order valence-corrected chi connectivity index (χ4v) is 3.55. The van der Waals surface area contributed by atoms with Crippen molar-refractivity contribution in [3.63, 3.8) is 0 Å². The molecule has 0 radical (unpaired) electrons. The number of oxazole rings is 1. The predicted molar refractivity (Wildman–Crippen MR) is 100 cm³/mol. The Bertz CT molecular complexity index is 877. The van der Waals surface area contributed by atoms with Crippen LogP contribution in [-0.4, -0.2) is 42.2 Å². The fourth-order valence-electron chi connectivity index (χ4n) is 3.55. The van der Waals surface area contributed by atoms with Gasteiger partial charge in [-0.1, -0.05) is 30.3 Å². The number of rotatable bonds is 5. The first kappa shape index (κ1) is 16.0. The smallest absolute Gasteiger partial charge is 0.408 e. The first-order valence-corrected chi connectivity index (χ1v) is 8.92. The van der Waals surface area contributed by atoms with Gasteiger partial charge in [0.05, 0.1) is 5.52 Å². The van der Waals surface area contributed by atoms with Crippen LogP contribution in [0.2, 0.25) is 0 Å². The molecule has 0 saturated carbocycles. The van der Waals surface area contributed by atoms with Crippen LogP contribution >= 0.6 is 0 Å². The molecule has 1 aliphatic heterocycles. The molecule has 2 heterocycles. The van der Waals surface area contributed by atoms with E-state index in [-0.39, 0.29) is 5.76 Å². The number of hydrogen-bond donors (Lipinski definition) is 0. The van der Waals surface area contributed by atoms with E-state index >= 15 is 0 Å². The zero-order chi connectivity index (χ0) is 17.1. The maximum atomic E-state index is 12.0. The molecule has 0 unspecified atom stereocenters. The molecule has 1 aromatic heterocycles. The van der Waals surface area contributed by atoms with Crippen molar-refractivity contribution in [3.8, 4) is 0 Å². The van der Waals surface area contributed by atoms with E-state index in [0.717, 1.165) is 44.7 Å². The lowest BCUT2D eigenvalue weighted by molar-refractivity contribution is 0.250. The number of benzene rings is 2. The van der Waals surface area contributed by atoms with Crippen molar-refractivity contribution in [2.45, 2.75) is 13.0 Å². The van der Waals surface area contributed by atoms with Crippen molar-refractivity contribution in [1.29, 1.82) is 0 Å². The Morgan fingerprint density at radius 2 is 1.56 bits per heavy atom. The summed E-state index contributed by atoms with van der Waals surface area (Å²) in [6.07, 6.45) is 0.953. The molecule has 5 nitrogen and oxygen atoms in total. The number of hydrogen-bond acceptors (Lipinski definition) is 4. The average molecular weight is 337 g/mol. The largest absolute Gasteiger partial charge is 0.419 e. The second-order valence-corrected chi connectivity index (χ2v) is 6.51. The summed E-state index contributed by atoms with van der Waals surface area (Å²) in [7, 11) is 0. The average Bonchev–Trinajstić information content (AvgIpc) is 2.99. The van der Waals surface area contributed by atoms with Crippen LogP contribution in [0, 0.1) is 0 Å². The van der Waals surface area contributed by atoms with Crippen LogP contribution in [-0.2, 0) is 6.54 Å². The summed E-state index contributed by atoms with van der Waals surface area (Å²) >= 11 is 0. The molecule has 0 spiro atoms. The van der Waals surface area contributed by atoms with Crippen LogP contribution in [0.3, 0.4) is 0 Å². The highest BCUT2D eigenvalue weighted by Crippen LogP contribution is 2.16. The van der Waals surface area contributed by atoms with Crippen molar-refractivity contribution < 1.29 is 4.42 Å². The molecule has 0 atom stereocenters. The Labute approximate surface area is 147 Å². The standard InChI is InChI=1S/C20H23N3O2/c24-20-23(18-9-4-5-10-19(18)25-20)12-6-11-21-13-15-22(16-14-21)17-7-2-1-3-8-17/h1-5,7-10H,6,11-16H2. The van der Waals surface area contributed by atoms with E-state index in [2.05, 4.69) is 40.1 Å². The number of nitrogens with zero attached hydrogens (tertiary/aromatic N) is 3. The van der Waals surface area contributed by atoms with E-state index < -0.39 is 0 Å². The molecule has 1 fully saturated rings. The highest BCUT2D eigenvalue weighted by atomic mass is 16.4. The highest BCUT2D eigenvalue weighted by molar-refractivity contribution is 5.72. The van der Waals surface area contributed by atoms with Gasteiger partial charge in [0.1, 0.15) is 0 Å². The van der Waals surface area contributed by atoms with Crippen molar-refractivity contribution in [2.24, 2.45) is 0 Å². The van der Waals surface area contributed by atoms with E-state index in [0.29, 0.717) is 12.1 Å². The number of para-hydroxylation sites is 3. The van der Waals surface area contributed by atoms with Crippen LogP contribution in [0.1, 0.15) is 6.42 Å². The van der Waals surface area contributed by atoms with E-state index in [1.807, 2.05) is 24.3 Å². The van der Waals surface area contributed by atoms with Gasteiger partial charge in [-0.05, 0) is 37.2 Å². The third kappa shape index (κ3) is 3.46. The van der Waals surface area contributed by atoms with Gasteiger partial charge in [0.2, 0.25) is 0 Å². The van der Waals surface area contributed by atoms with Gasteiger partial charge in [0, 0.05) is 38.4 Å². The van der Waals surface area contributed by atoms with Gasteiger partial charge in [-0.3, -0.25) is 9.47 Å². The lowest BCUT2D eigenvalue weighted by Crippen LogP contribution is -2.46. The van der Waals surface area contributed by atoms with Crippen molar-refractivity contribution in [1.82, 2.24) is 9.47 Å². The van der Waals surface area contributed by atoms with E-state index in [1.165, 1.54) is 5.69 Å². The minimum absolute atomic E-state index is 0.255. The summed E-state index contributed by atoms with van der Waals surface area (Å²) in [5.74, 6) is -0.255. The van der Waals surface area contributed by atoms with E-state index in [9.17, 15) is 4.79 Å². The SMILES string of the molecule is O=c1oc2ccccc2n1CCCN1CCN(c2ccccc2)CC1. The molecule has 4 rings (SSSR count). The van der Waals surface area contributed by atoms with Crippen molar-refractivity contribution >= 4 is 16.8 Å². The lowest BCUT2D eigenvalue weighted by Gasteiger charge is -2.36. The molecule has 0 aliphatic carbocycles. The van der Waals surface area contributed by atoms with Gasteiger partial charge in [-0.25, -0.2) is 4.79 Å². The molecule has 0 amide bonds. The molecule has 25 heavy (non-hydrogen) atoms. The van der Waals surface area contributed by atoms with Gasteiger partial charge in [0.15, 0.2) is 5.58 Å². The molecule has 2 aromatic carbocycles. The highest BCUT2D eigenvalue weighted by Gasteiger charge is 2.17. The van der Waals surface area contributed by atoms with Gasteiger partial charge >= 0.3 is 5.76 Å². The summed E-state index contributed by atoms with van der Waals surface area (Å²) in [6, 6.07) is 18.2. The molecule has 0 bridgehead atoms. The zero-order valence-electron chi connectivity index (χ0n) is 14.3. The van der Waals surface area contributed by atoms with Crippen LogP contribution in [0.25, 0.3) is 11.1 Å². The lowest BCUT2D eigenvalue weighted by atomic mass is 10.2. The van der Waals surface area contributed by atoms with E-state index in [1.54, 1.807) is 4.57 Å². The van der Waals surface area contributed by atoms with Crippen LogP contribution < -0.4 is 10.7 Å². The minimum atomic E-state index is -0.255. The normalized spacial score (nSPS) is 15.8. The number of piperazine rings is 1. The molecule has 0 N–H and O–H groups in total. The fraction of sp³-hybridized carbons (Fsp3) is 0.350. The Morgan fingerprint density at radius 1 is 0.840 bits per heavy atom. The summed E-state index contributed by atoms with van der Waals surface area (Å²) < 4.78 is 7.04. The Kier molecular flexibility index (Phi) is 4.57. The molecule has 130 valence electrons. The predicted octanol–water partition coefficient (Wildman–Crippen LogP) is 2.81. The Morgan fingerprint density at radius 3 is 2.36 bits per heavy atom. The van der Waals surface area contributed by atoms with E-state index in [4.69, 9.17) is 4.42 Å². The van der Waals surface area contributed by atoms with Crippen LogP contribution in [0.4, 0.5) is 5.69 Å². The summed E-state index contributed by atoms with van der Waals surface area (Å²) in [5.41, 5.74) is 2.86. The number of anilines is 1. The molecular formula is C20H23N3O2. The third-order valence-electron chi connectivity index (χ3n) is 4.92. The minimum Gasteiger partial charge on any atom is -0.408 e. The number of aromatic nitrogens is 1. The summed E-state index contributed by atoms with van der Waals surface area (Å²) in [5, 5.41) is 0. The maximum absolute atomic E-state index is 12.0. The topological polar surface area (TPSA) is 41.6 Å². The first-order chi connectivity index (χ1) is 12.3. The molecular weight excluding hydrogens is 314 g/mol.